The summed E-state index contributed by atoms with van der Waals surface area (Å²) < 4.78 is 1.69. The maximum absolute atomic E-state index is 13.0. The molecular weight excluding hydrogens is 406 g/mol. The van der Waals surface area contributed by atoms with Crippen molar-refractivity contribution in [3.8, 4) is 0 Å². The first-order valence-electron chi connectivity index (χ1n) is 11.7. The predicted octanol–water partition coefficient (Wildman–Crippen LogP) is 2.10. The molecule has 8 nitrogen and oxygen atoms in total. The Balaban J connectivity index is 1.30. The first-order valence-corrected chi connectivity index (χ1v) is 11.7. The quantitative estimate of drug-likeness (QED) is 0.766. The van der Waals surface area contributed by atoms with Crippen molar-refractivity contribution in [2.45, 2.75) is 39.5 Å². The second-order valence-corrected chi connectivity index (χ2v) is 10.1. The SMILES string of the molecule is CC1(C)[C@H]2CC[C@@H](CNC(=O)c3cccc4nc(C(=O)N5CCNC(=O)CC5)cn34)[C@@H]1C2. The standard InChI is InChI=1S/C24H31N5O3/c1-24(2)16-7-6-15(17(24)12-16)13-26-22(31)19-4-3-5-20-27-18(14-29(19)20)23(32)28-10-8-21(30)25-9-11-28/h3-5,14-17H,6-13H2,1-2H3,(H,25,30)(H,26,31)/t15-,16-,17-/m0/s1. The topological polar surface area (TPSA) is 95.8 Å². The largest absolute Gasteiger partial charge is 0.354 e. The van der Waals surface area contributed by atoms with Gasteiger partial charge < -0.3 is 15.5 Å². The minimum atomic E-state index is -0.222. The molecule has 0 spiro atoms. The van der Waals surface area contributed by atoms with E-state index in [9.17, 15) is 14.4 Å². The third-order valence-corrected chi connectivity index (χ3v) is 8.07. The van der Waals surface area contributed by atoms with Crippen LogP contribution in [0.4, 0.5) is 0 Å². The second-order valence-electron chi connectivity index (χ2n) is 10.1. The highest BCUT2D eigenvalue weighted by Gasteiger charge is 2.53. The highest BCUT2D eigenvalue weighted by atomic mass is 16.2. The number of nitrogens with zero attached hydrogens (tertiary/aromatic N) is 3. The average Bonchev–Trinajstić information content (AvgIpc) is 3.12. The lowest BCUT2D eigenvalue weighted by molar-refractivity contribution is -0.120. The van der Waals surface area contributed by atoms with E-state index in [-0.39, 0.29) is 29.8 Å². The maximum Gasteiger partial charge on any atom is 0.274 e. The number of imidazole rings is 1. The molecule has 4 aliphatic rings. The van der Waals surface area contributed by atoms with Crippen LogP contribution >= 0.6 is 0 Å². The molecule has 3 aliphatic carbocycles. The van der Waals surface area contributed by atoms with Gasteiger partial charge in [0, 0.05) is 38.8 Å². The van der Waals surface area contributed by atoms with Gasteiger partial charge in [-0.05, 0) is 54.6 Å². The average molecular weight is 438 g/mol. The normalized spacial score (nSPS) is 26.8. The minimum Gasteiger partial charge on any atom is -0.354 e. The van der Waals surface area contributed by atoms with E-state index in [0.717, 1.165) is 5.92 Å². The third-order valence-electron chi connectivity index (χ3n) is 8.07. The van der Waals surface area contributed by atoms with Gasteiger partial charge in [0.15, 0.2) is 0 Å². The first kappa shape index (κ1) is 21.0. The lowest BCUT2D eigenvalue weighted by atomic mass is 9.45. The summed E-state index contributed by atoms with van der Waals surface area (Å²) in [6.45, 7) is 6.66. The molecule has 170 valence electrons. The number of amides is 3. The number of nitrogens with one attached hydrogen (secondary N) is 2. The Kier molecular flexibility index (Phi) is 5.18. The van der Waals surface area contributed by atoms with Crippen LogP contribution < -0.4 is 10.6 Å². The molecule has 2 aromatic rings. The van der Waals surface area contributed by atoms with E-state index in [1.807, 2.05) is 0 Å². The van der Waals surface area contributed by atoms with Crippen molar-refractivity contribution in [1.29, 1.82) is 0 Å². The predicted molar refractivity (Wildman–Crippen MR) is 119 cm³/mol. The molecule has 32 heavy (non-hydrogen) atoms. The first-order chi connectivity index (χ1) is 15.3. The van der Waals surface area contributed by atoms with Gasteiger partial charge in [0.1, 0.15) is 17.0 Å². The van der Waals surface area contributed by atoms with Crippen LogP contribution in [0.1, 0.15) is 60.5 Å². The zero-order valence-corrected chi connectivity index (χ0v) is 18.8. The molecular formula is C24H31N5O3. The summed E-state index contributed by atoms with van der Waals surface area (Å²) in [5, 5.41) is 5.91. The van der Waals surface area contributed by atoms with Gasteiger partial charge in [-0.15, -0.1) is 0 Å². The fourth-order valence-corrected chi connectivity index (χ4v) is 5.95. The molecule has 3 atom stereocenters. The van der Waals surface area contributed by atoms with Crippen molar-refractivity contribution in [2.75, 3.05) is 26.2 Å². The highest BCUT2D eigenvalue weighted by molar-refractivity contribution is 5.96. The van der Waals surface area contributed by atoms with Crippen LogP contribution in [0.15, 0.2) is 24.4 Å². The Hall–Kier alpha value is -2.90. The fourth-order valence-electron chi connectivity index (χ4n) is 5.95. The van der Waals surface area contributed by atoms with Gasteiger partial charge in [0.05, 0.1) is 0 Å². The van der Waals surface area contributed by atoms with Crippen LogP contribution in [0, 0.1) is 23.2 Å². The Labute approximate surface area is 187 Å². The minimum absolute atomic E-state index is 0.0481. The zero-order valence-electron chi connectivity index (χ0n) is 18.8. The van der Waals surface area contributed by atoms with Gasteiger partial charge in [-0.3, -0.25) is 18.8 Å². The Morgan fingerprint density at radius 2 is 2.09 bits per heavy atom. The summed E-state index contributed by atoms with van der Waals surface area (Å²) >= 11 is 0. The number of carbonyl (C=O) groups excluding carboxylic acids is 3. The Morgan fingerprint density at radius 3 is 2.88 bits per heavy atom. The molecule has 4 fully saturated rings. The molecule has 2 aromatic heterocycles. The van der Waals surface area contributed by atoms with Gasteiger partial charge in [-0.25, -0.2) is 4.98 Å². The zero-order chi connectivity index (χ0) is 22.5. The van der Waals surface area contributed by atoms with Crippen LogP contribution in [0.2, 0.25) is 0 Å². The summed E-state index contributed by atoms with van der Waals surface area (Å²) in [5.41, 5.74) is 1.71. The molecule has 3 heterocycles. The monoisotopic (exact) mass is 437 g/mol. The van der Waals surface area contributed by atoms with Gasteiger partial charge >= 0.3 is 0 Å². The van der Waals surface area contributed by atoms with Crippen molar-refractivity contribution < 1.29 is 14.4 Å². The van der Waals surface area contributed by atoms with Gasteiger partial charge in [-0.2, -0.15) is 0 Å². The summed E-state index contributed by atoms with van der Waals surface area (Å²) in [7, 11) is 0. The third kappa shape index (κ3) is 3.55. The lowest BCUT2D eigenvalue weighted by Gasteiger charge is -2.60. The molecule has 0 aromatic carbocycles. The van der Waals surface area contributed by atoms with Crippen molar-refractivity contribution in [2.24, 2.45) is 23.2 Å². The number of hydrogen-bond donors (Lipinski definition) is 2. The molecule has 0 unspecified atom stereocenters. The van der Waals surface area contributed by atoms with Crippen LogP contribution in [0.25, 0.3) is 5.65 Å². The van der Waals surface area contributed by atoms with Crippen LogP contribution in [-0.2, 0) is 4.79 Å². The van der Waals surface area contributed by atoms with Gasteiger partial charge in [0.2, 0.25) is 5.91 Å². The second kappa shape index (κ2) is 7.90. The van der Waals surface area contributed by atoms with E-state index >= 15 is 0 Å². The number of carbonyl (C=O) groups is 3. The highest BCUT2D eigenvalue weighted by Crippen LogP contribution is 2.61. The molecule has 3 amide bonds. The number of pyridine rings is 1. The molecule has 3 saturated carbocycles. The molecule has 8 heteroatoms. The van der Waals surface area contributed by atoms with E-state index < -0.39 is 0 Å². The molecule has 2 N–H and O–H groups in total. The van der Waals surface area contributed by atoms with Crippen molar-refractivity contribution in [3.63, 3.8) is 0 Å². The van der Waals surface area contributed by atoms with Crippen LogP contribution in [0.5, 0.6) is 0 Å². The Morgan fingerprint density at radius 1 is 1.25 bits per heavy atom. The summed E-state index contributed by atoms with van der Waals surface area (Å²) in [6.07, 6.45) is 5.64. The lowest BCUT2D eigenvalue weighted by Crippen LogP contribution is -2.54. The van der Waals surface area contributed by atoms with Crippen LogP contribution in [0.3, 0.4) is 0 Å². The van der Waals surface area contributed by atoms with E-state index in [0.29, 0.717) is 54.8 Å². The maximum atomic E-state index is 13.0. The van der Waals surface area contributed by atoms with E-state index in [1.54, 1.807) is 33.7 Å². The molecule has 0 radical (unpaired) electrons. The van der Waals surface area contributed by atoms with Crippen molar-refractivity contribution >= 4 is 23.4 Å². The number of fused-ring (bicyclic) bond motifs is 3. The fraction of sp³-hybridized carbons (Fsp3) is 0.583. The van der Waals surface area contributed by atoms with Gasteiger partial charge in [-0.1, -0.05) is 19.9 Å². The molecule has 2 bridgehead atoms. The molecule has 1 aliphatic heterocycles. The molecule has 1 saturated heterocycles. The number of hydrogen-bond acceptors (Lipinski definition) is 4. The van der Waals surface area contributed by atoms with Crippen molar-refractivity contribution in [1.82, 2.24) is 24.9 Å². The number of rotatable bonds is 4. The summed E-state index contributed by atoms with van der Waals surface area (Å²) in [6, 6.07) is 5.34. The van der Waals surface area contributed by atoms with E-state index in [4.69, 9.17) is 0 Å². The van der Waals surface area contributed by atoms with Crippen molar-refractivity contribution in [3.05, 3.63) is 35.8 Å². The van der Waals surface area contributed by atoms with Gasteiger partial charge in [0.25, 0.3) is 11.8 Å². The van der Waals surface area contributed by atoms with Crippen LogP contribution in [-0.4, -0.2) is 58.2 Å². The Bertz CT molecular complexity index is 1070. The summed E-state index contributed by atoms with van der Waals surface area (Å²) in [5.74, 6) is 1.64. The summed E-state index contributed by atoms with van der Waals surface area (Å²) in [4.78, 5) is 43.7. The smallest absolute Gasteiger partial charge is 0.274 e. The molecule has 6 rings (SSSR count). The van der Waals surface area contributed by atoms with E-state index in [2.05, 4.69) is 29.5 Å². The van der Waals surface area contributed by atoms with E-state index in [1.165, 1.54) is 19.3 Å². The number of aromatic nitrogens is 2.